The van der Waals surface area contributed by atoms with Crippen molar-refractivity contribution in [2.75, 3.05) is 34.2 Å². The second-order valence-corrected chi connectivity index (χ2v) is 6.35. The average Bonchev–Trinajstić information content (AvgIpc) is 2.14. The maximum Gasteiger partial charge on any atom is 0.0269 e. The van der Waals surface area contributed by atoms with Crippen LogP contribution in [0, 0.1) is 11.8 Å². The molecule has 17 heavy (non-hydrogen) atoms. The van der Waals surface area contributed by atoms with Gasteiger partial charge in [-0.15, -0.1) is 0 Å². The molecule has 0 heterocycles. The van der Waals surface area contributed by atoms with E-state index in [1.54, 1.807) is 0 Å². The Kier molecular flexibility index (Phi) is 5.90. The molecule has 1 fully saturated rings. The predicted octanol–water partition coefficient (Wildman–Crippen LogP) is 1.63. The fraction of sp³-hybridized carbons (Fsp3) is 1.00. The van der Waals surface area contributed by atoms with E-state index in [0.717, 1.165) is 24.9 Å². The SMILES string of the molecule is CC1CC(C)C(N(C)CCCN(C)C)C(N)C1. The summed E-state index contributed by atoms with van der Waals surface area (Å²) in [7, 11) is 6.51. The van der Waals surface area contributed by atoms with Crippen LogP contribution in [0.2, 0.25) is 0 Å². The van der Waals surface area contributed by atoms with Crippen molar-refractivity contribution in [1.82, 2.24) is 9.80 Å². The summed E-state index contributed by atoms with van der Waals surface area (Å²) in [6.07, 6.45) is 3.75. The minimum absolute atomic E-state index is 0.359. The van der Waals surface area contributed by atoms with Crippen molar-refractivity contribution >= 4 is 0 Å². The minimum atomic E-state index is 0.359. The highest BCUT2D eigenvalue weighted by Crippen LogP contribution is 2.30. The number of nitrogens with two attached hydrogens (primary N) is 1. The highest BCUT2D eigenvalue weighted by atomic mass is 15.2. The molecule has 4 atom stereocenters. The molecule has 1 aliphatic rings. The van der Waals surface area contributed by atoms with E-state index in [1.165, 1.54) is 19.3 Å². The van der Waals surface area contributed by atoms with Crippen LogP contribution in [0.25, 0.3) is 0 Å². The number of rotatable bonds is 5. The minimum Gasteiger partial charge on any atom is -0.326 e. The first-order valence-electron chi connectivity index (χ1n) is 7.02. The normalized spacial score (nSPS) is 34.6. The number of hydrogen-bond acceptors (Lipinski definition) is 3. The first-order valence-corrected chi connectivity index (χ1v) is 7.02. The molecule has 0 radical (unpaired) electrons. The topological polar surface area (TPSA) is 32.5 Å². The Morgan fingerprint density at radius 1 is 1.06 bits per heavy atom. The van der Waals surface area contributed by atoms with Gasteiger partial charge in [0.05, 0.1) is 0 Å². The Morgan fingerprint density at radius 2 is 1.71 bits per heavy atom. The monoisotopic (exact) mass is 241 g/mol. The van der Waals surface area contributed by atoms with Gasteiger partial charge in [0.25, 0.3) is 0 Å². The molecular weight excluding hydrogens is 210 g/mol. The molecular formula is C14H31N3. The first-order chi connectivity index (χ1) is 7.91. The van der Waals surface area contributed by atoms with E-state index in [4.69, 9.17) is 5.73 Å². The van der Waals surface area contributed by atoms with E-state index in [9.17, 15) is 0 Å². The molecule has 3 heteroatoms. The molecule has 0 saturated heterocycles. The zero-order valence-electron chi connectivity index (χ0n) is 12.3. The fourth-order valence-corrected chi connectivity index (χ4v) is 3.44. The van der Waals surface area contributed by atoms with Crippen LogP contribution in [0.4, 0.5) is 0 Å². The summed E-state index contributed by atoms with van der Waals surface area (Å²) in [5.41, 5.74) is 6.34. The van der Waals surface area contributed by atoms with Crippen molar-refractivity contribution in [2.45, 2.75) is 45.2 Å². The Balaban J connectivity index is 2.41. The molecule has 0 spiro atoms. The van der Waals surface area contributed by atoms with Crippen LogP contribution in [0.5, 0.6) is 0 Å². The largest absolute Gasteiger partial charge is 0.326 e. The quantitative estimate of drug-likeness (QED) is 0.794. The maximum absolute atomic E-state index is 6.34. The van der Waals surface area contributed by atoms with Gasteiger partial charge in [-0.2, -0.15) is 0 Å². The van der Waals surface area contributed by atoms with E-state index < -0.39 is 0 Å². The van der Waals surface area contributed by atoms with Crippen molar-refractivity contribution in [3.8, 4) is 0 Å². The van der Waals surface area contributed by atoms with Crippen molar-refractivity contribution < 1.29 is 0 Å². The lowest BCUT2D eigenvalue weighted by Crippen LogP contribution is -2.53. The molecule has 0 aromatic heterocycles. The molecule has 3 nitrogen and oxygen atoms in total. The first kappa shape index (κ1) is 14.9. The van der Waals surface area contributed by atoms with E-state index >= 15 is 0 Å². The Morgan fingerprint density at radius 3 is 2.24 bits per heavy atom. The molecule has 4 unspecified atom stereocenters. The van der Waals surface area contributed by atoms with Crippen molar-refractivity contribution in [3.63, 3.8) is 0 Å². The van der Waals surface area contributed by atoms with E-state index in [1.807, 2.05) is 0 Å². The van der Waals surface area contributed by atoms with Gasteiger partial charge in [-0.1, -0.05) is 13.8 Å². The highest BCUT2D eigenvalue weighted by molar-refractivity contribution is 4.91. The third-order valence-corrected chi connectivity index (χ3v) is 4.10. The van der Waals surface area contributed by atoms with Gasteiger partial charge < -0.3 is 15.5 Å². The van der Waals surface area contributed by atoms with E-state index in [2.05, 4.69) is 44.8 Å². The highest BCUT2D eigenvalue weighted by Gasteiger charge is 2.33. The fourth-order valence-electron chi connectivity index (χ4n) is 3.44. The lowest BCUT2D eigenvalue weighted by atomic mass is 9.76. The van der Waals surface area contributed by atoms with Crippen LogP contribution in [0.3, 0.4) is 0 Å². The molecule has 0 aromatic rings. The molecule has 1 rings (SSSR count). The lowest BCUT2D eigenvalue weighted by Gasteiger charge is -2.43. The summed E-state index contributed by atoms with van der Waals surface area (Å²) < 4.78 is 0. The van der Waals surface area contributed by atoms with Gasteiger partial charge in [-0.3, -0.25) is 0 Å². The third kappa shape index (κ3) is 4.57. The molecule has 1 saturated carbocycles. The molecule has 0 aromatic carbocycles. The average molecular weight is 241 g/mol. The number of likely N-dealkylation sites (N-methyl/N-ethyl adjacent to an activating group) is 1. The Bertz CT molecular complexity index is 206. The molecule has 1 aliphatic carbocycles. The zero-order chi connectivity index (χ0) is 13.0. The summed E-state index contributed by atoms with van der Waals surface area (Å²) in [6.45, 7) is 7.02. The molecule has 0 bridgehead atoms. The predicted molar refractivity (Wildman–Crippen MR) is 75.1 cm³/mol. The maximum atomic E-state index is 6.34. The Hall–Kier alpha value is -0.120. The number of hydrogen-bond donors (Lipinski definition) is 1. The molecule has 0 aliphatic heterocycles. The second-order valence-electron chi connectivity index (χ2n) is 6.35. The summed E-state index contributed by atoms with van der Waals surface area (Å²) in [4.78, 5) is 4.74. The van der Waals surface area contributed by atoms with Gasteiger partial charge in [0.15, 0.2) is 0 Å². The standard InChI is InChI=1S/C14H31N3/c1-11-9-12(2)14(13(15)10-11)17(5)8-6-7-16(3)4/h11-14H,6-10,15H2,1-5H3. The zero-order valence-corrected chi connectivity index (χ0v) is 12.3. The third-order valence-electron chi connectivity index (χ3n) is 4.10. The van der Waals surface area contributed by atoms with Gasteiger partial charge in [0, 0.05) is 12.1 Å². The lowest BCUT2D eigenvalue weighted by molar-refractivity contribution is 0.0937. The van der Waals surface area contributed by atoms with Crippen molar-refractivity contribution in [1.29, 1.82) is 0 Å². The molecule has 2 N–H and O–H groups in total. The van der Waals surface area contributed by atoms with Crippen LogP contribution >= 0.6 is 0 Å². The van der Waals surface area contributed by atoms with E-state index in [-0.39, 0.29) is 0 Å². The van der Waals surface area contributed by atoms with Crippen LogP contribution in [0.1, 0.15) is 33.1 Å². The van der Waals surface area contributed by atoms with Crippen LogP contribution < -0.4 is 5.73 Å². The van der Waals surface area contributed by atoms with Crippen LogP contribution in [0.15, 0.2) is 0 Å². The summed E-state index contributed by atoms with van der Waals surface area (Å²) in [6, 6.07) is 0.937. The molecule has 0 amide bonds. The Labute approximate surface area is 107 Å². The van der Waals surface area contributed by atoms with Gasteiger partial charge in [0.1, 0.15) is 0 Å². The van der Waals surface area contributed by atoms with Gasteiger partial charge >= 0.3 is 0 Å². The summed E-state index contributed by atoms with van der Waals surface area (Å²) in [5.74, 6) is 1.53. The van der Waals surface area contributed by atoms with Crippen LogP contribution in [-0.4, -0.2) is 56.1 Å². The van der Waals surface area contributed by atoms with Gasteiger partial charge in [-0.25, -0.2) is 0 Å². The van der Waals surface area contributed by atoms with E-state index in [0.29, 0.717) is 12.1 Å². The summed E-state index contributed by atoms with van der Waals surface area (Å²) in [5, 5.41) is 0. The smallest absolute Gasteiger partial charge is 0.0269 e. The van der Waals surface area contributed by atoms with Crippen LogP contribution in [-0.2, 0) is 0 Å². The second kappa shape index (κ2) is 6.72. The van der Waals surface area contributed by atoms with Crippen molar-refractivity contribution in [3.05, 3.63) is 0 Å². The summed E-state index contributed by atoms with van der Waals surface area (Å²) >= 11 is 0. The van der Waals surface area contributed by atoms with Gasteiger partial charge in [0.2, 0.25) is 0 Å². The van der Waals surface area contributed by atoms with Crippen molar-refractivity contribution in [2.24, 2.45) is 17.6 Å². The number of nitrogens with zero attached hydrogens (tertiary/aromatic N) is 2. The van der Waals surface area contributed by atoms with Gasteiger partial charge in [-0.05, 0) is 65.3 Å². The molecule has 102 valence electrons.